The Labute approximate surface area is 176 Å². The third-order valence-corrected chi connectivity index (χ3v) is 6.07. The number of rotatable bonds is 5. The summed E-state index contributed by atoms with van der Waals surface area (Å²) in [5.74, 6) is 2.34. The van der Waals surface area contributed by atoms with Gasteiger partial charge in [0.05, 0.1) is 12.6 Å². The predicted octanol–water partition coefficient (Wildman–Crippen LogP) is 4.69. The fraction of sp³-hybridized carbons (Fsp3) is 0.360. The Bertz CT molecular complexity index is 1050. The van der Waals surface area contributed by atoms with E-state index in [4.69, 9.17) is 9.47 Å². The summed E-state index contributed by atoms with van der Waals surface area (Å²) < 4.78 is 11.8. The minimum atomic E-state index is 0.165. The van der Waals surface area contributed by atoms with E-state index >= 15 is 0 Å². The summed E-state index contributed by atoms with van der Waals surface area (Å²) >= 11 is 0. The molecule has 3 aromatic rings. The van der Waals surface area contributed by atoms with Crippen molar-refractivity contribution >= 4 is 16.8 Å². The van der Waals surface area contributed by atoms with Gasteiger partial charge in [0.25, 0.3) is 0 Å². The minimum absolute atomic E-state index is 0.165. The number of hydrogen-bond donors (Lipinski definition) is 0. The fourth-order valence-corrected chi connectivity index (χ4v) is 4.18. The van der Waals surface area contributed by atoms with Crippen LogP contribution in [0.25, 0.3) is 22.0 Å². The van der Waals surface area contributed by atoms with Crippen LogP contribution in [-0.2, 0) is 4.79 Å². The normalized spacial score (nSPS) is 17.2. The van der Waals surface area contributed by atoms with Crippen LogP contribution in [0.5, 0.6) is 11.5 Å². The van der Waals surface area contributed by atoms with Gasteiger partial charge in [-0.3, -0.25) is 9.78 Å². The van der Waals surface area contributed by atoms with Gasteiger partial charge in [-0.2, -0.15) is 0 Å². The molecule has 2 aliphatic rings. The average molecular weight is 402 g/mol. The maximum atomic E-state index is 12.2. The number of methoxy groups -OCH3 is 1. The van der Waals surface area contributed by atoms with Crippen molar-refractivity contribution in [2.24, 2.45) is 5.92 Å². The summed E-state index contributed by atoms with van der Waals surface area (Å²) in [6.45, 7) is 1.61. The lowest BCUT2D eigenvalue weighted by Crippen LogP contribution is -2.42. The van der Waals surface area contributed by atoms with Crippen LogP contribution < -0.4 is 9.47 Å². The van der Waals surface area contributed by atoms with Gasteiger partial charge in [-0.25, -0.2) is 0 Å². The van der Waals surface area contributed by atoms with Crippen molar-refractivity contribution in [3.8, 4) is 22.6 Å². The molecule has 154 valence electrons. The topological polar surface area (TPSA) is 51.7 Å². The Morgan fingerprint density at radius 2 is 1.80 bits per heavy atom. The number of pyridine rings is 1. The summed E-state index contributed by atoms with van der Waals surface area (Å²) in [5.41, 5.74) is 3.03. The van der Waals surface area contributed by atoms with Crippen molar-refractivity contribution in [1.29, 1.82) is 0 Å². The van der Waals surface area contributed by atoms with Crippen LogP contribution in [0, 0.1) is 5.92 Å². The van der Waals surface area contributed by atoms with Gasteiger partial charge in [-0.15, -0.1) is 0 Å². The molecule has 2 heterocycles. The summed E-state index contributed by atoms with van der Waals surface area (Å²) in [4.78, 5) is 18.7. The largest absolute Gasteiger partial charge is 0.496 e. The van der Waals surface area contributed by atoms with Gasteiger partial charge in [-0.05, 0) is 48.7 Å². The molecular weight excluding hydrogens is 376 g/mol. The lowest BCUT2D eigenvalue weighted by atomic mass is 10.0. The number of carbonyl (C=O) groups excluding carboxylic acids is 1. The molecule has 0 unspecified atom stereocenters. The van der Waals surface area contributed by atoms with E-state index in [1.165, 1.54) is 0 Å². The molecule has 1 saturated heterocycles. The minimum Gasteiger partial charge on any atom is -0.496 e. The lowest BCUT2D eigenvalue weighted by Gasteiger charge is -2.32. The molecule has 1 saturated carbocycles. The number of fused-ring (bicyclic) bond motifs is 1. The molecule has 2 fully saturated rings. The van der Waals surface area contributed by atoms with E-state index in [-0.39, 0.29) is 6.10 Å². The average Bonchev–Trinajstić information content (AvgIpc) is 3.64. The Morgan fingerprint density at radius 1 is 1.03 bits per heavy atom. The first kappa shape index (κ1) is 18.9. The van der Waals surface area contributed by atoms with Crippen LogP contribution in [0.2, 0.25) is 0 Å². The summed E-state index contributed by atoms with van der Waals surface area (Å²) in [5, 5.41) is 1.06. The molecule has 1 amide bonds. The fourth-order valence-electron chi connectivity index (χ4n) is 4.18. The van der Waals surface area contributed by atoms with Crippen LogP contribution in [0.3, 0.4) is 0 Å². The molecule has 2 aromatic carbocycles. The number of hydrogen-bond acceptors (Lipinski definition) is 4. The second kappa shape index (κ2) is 7.98. The standard InChI is InChI=1S/C25H26N2O3/c1-29-24-15-19-3-2-12-26-23(19)16-22(24)17-6-8-20(9-7-17)30-21-10-13-27(14-11-21)25(28)18-4-5-18/h2-3,6-9,12,15-16,18,21H,4-5,10-11,13-14H2,1H3. The van der Waals surface area contributed by atoms with Crippen molar-refractivity contribution in [3.05, 3.63) is 54.7 Å². The second-order valence-electron chi connectivity index (χ2n) is 8.19. The summed E-state index contributed by atoms with van der Waals surface area (Å²) in [6.07, 6.45) is 5.89. The van der Waals surface area contributed by atoms with Crippen LogP contribution in [-0.4, -0.2) is 42.1 Å². The van der Waals surface area contributed by atoms with Crippen LogP contribution in [0.1, 0.15) is 25.7 Å². The molecule has 0 radical (unpaired) electrons. The highest BCUT2D eigenvalue weighted by Gasteiger charge is 2.35. The van der Waals surface area contributed by atoms with Crippen molar-refractivity contribution in [2.75, 3.05) is 20.2 Å². The molecule has 0 N–H and O–H groups in total. The van der Waals surface area contributed by atoms with Gasteiger partial charge in [0.1, 0.15) is 17.6 Å². The number of aromatic nitrogens is 1. The van der Waals surface area contributed by atoms with E-state index in [9.17, 15) is 4.79 Å². The zero-order chi connectivity index (χ0) is 20.5. The number of carbonyl (C=O) groups is 1. The number of nitrogens with zero attached hydrogens (tertiary/aromatic N) is 2. The highest BCUT2D eigenvalue weighted by atomic mass is 16.5. The summed E-state index contributed by atoms with van der Waals surface area (Å²) in [6, 6.07) is 16.2. The van der Waals surface area contributed by atoms with Gasteiger partial charge in [0, 0.05) is 49.0 Å². The quantitative estimate of drug-likeness (QED) is 0.621. The van der Waals surface area contributed by atoms with Gasteiger partial charge in [0.15, 0.2) is 0 Å². The van der Waals surface area contributed by atoms with Crippen LogP contribution in [0.4, 0.5) is 0 Å². The molecule has 0 atom stereocenters. The molecule has 0 bridgehead atoms. The first-order valence-corrected chi connectivity index (χ1v) is 10.7. The van der Waals surface area contributed by atoms with E-state index in [0.29, 0.717) is 11.8 Å². The maximum absolute atomic E-state index is 12.2. The number of benzene rings is 2. The monoisotopic (exact) mass is 402 g/mol. The van der Waals surface area contributed by atoms with Crippen molar-refractivity contribution in [3.63, 3.8) is 0 Å². The highest BCUT2D eigenvalue weighted by Crippen LogP contribution is 2.35. The Kier molecular flexibility index (Phi) is 5.03. The van der Waals surface area contributed by atoms with Crippen LogP contribution in [0.15, 0.2) is 54.7 Å². The van der Waals surface area contributed by atoms with Crippen molar-refractivity contribution < 1.29 is 14.3 Å². The molecule has 1 aliphatic carbocycles. The predicted molar refractivity (Wildman–Crippen MR) is 117 cm³/mol. The first-order valence-electron chi connectivity index (χ1n) is 10.7. The van der Waals surface area contributed by atoms with Gasteiger partial charge in [0.2, 0.25) is 5.91 Å². The number of likely N-dealkylation sites (tertiary alicyclic amines) is 1. The molecule has 30 heavy (non-hydrogen) atoms. The SMILES string of the molecule is COc1cc2cccnc2cc1-c1ccc(OC2CCN(C(=O)C3CC3)CC2)cc1. The summed E-state index contributed by atoms with van der Waals surface area (Å²) in [7, 11) is 1.69. The Balaban J connectivity index is 1.27. The van der Waals surface area contributed by atoms with Gasteiger partial charge in [-0.1, -0.05) is 18.2 Å². The number of amides is 1. The van der Waals surface area contributed by atoms with E-state index < -0.39 is 0 Å². The second-order valence-corrected chi connectivity index (χ2v) is 8.19. The zero-order valence-corrected chi connectivity index (χ0v) is 17.2. The van der Waals surface area contributed by atoms with E-state index in [1.807, 2.05) is 35.2 Å². The van der Waals surface area contributed by atoms with E-state index in [1.54, 1.807) is 13.3 Å². The lowest BCUT2D eigenvalue weighted by molar-refractivity contribution is -0.134. The van der Waals surface area contributed by atoms with Crippen molar-refractivity contribution in [1.82, 2.24) is 9.88 Å². The van der Waals surface area contributed by atoms with Gasteiger partial charge < -0.3 is 14.4 Å². The number of piperidine rings is 1. The first-order chi connectivity index (χ1) is 14.7. The maximum Gasteiger partial charge on any atom is 0.225 e. The van der Waals surface area contributed by atoms with Gasteiger partial charge >= 0.3 is 0 Å². The molecule has 1 aromatic heterocycles. The number of ether oxygens (including phenoxy) is 2. The van der Waals surface area contributed by atoms with Crippen molar-refractivity contribution in [2.45, 2.75) is 31.8 Å². The molecule has 1 aliphatic heterocycles. The van der Waals surface area contributed by atoms with E-state index in [2.05, 4.69) is 23.2 Å². The Morgan fingerprint density at radius 3 is 2.50 bits per heavy atom. The van der Waals surface area contributed by atoms with E-state index in [0.717, 1.165) is 72.3 Å². The highest BCUT2D eigenvalue weighted by molar-refractivity contribution is 5.88. The molecule has 0 spiro atoms. The zero-order valence-electron chi connectivity index (χ0n) is 17.2. The molecule has 5 rings (SSSR count). The molecular formula is C25H26N2O3. The smallest absolute Gasteiger partial charge is 0.225 e. The van der Waals surface area contributed by atoms with Crippen LogP contribution >= 0.6 is 0 Å². The third kappa shape index (κ3) is 3.84. The Hall–Kier alpha value is -3.08. The molecule has 5 heteroatoms. The molecule has 5 nitrogen and oxygen atoms in total. The third-order valence-electron chi connectivity index (χ3n) is 6.07.